The van der Waals surface area contributed by atoms with Gasteiger partial charge in [-0.2, -0.15) is 0 Å². The molecule has 1 aliphatic rings. The fourth-order valence-electron chi connectivity index (χ4n) is 1.86. The SMILES string of the molecule is CC1=NOC(C)(COCc2ccccc2F)C1. The van der Waals surface area contributed by atoms with Crippen LogP contribution in [0.2, 0.25) is 0 Å². The molecule has 0 aliphatic carbocycles. The van der Waals surface area contributed by atoms with E-state index in [1.165, 1.54) is 6.07 Å². The summed E-state index contributed by atoms with van der Waals surface area (Å²) in [6.07, 6.45) is 0.754. The van der Waals surface area contributed by atoms with Gasteiger partial charge in [-0.05, 0) is 19.9 Å². The van der Waals surface area contributed by atoms with E-state index in [4.69, 9.17) is 9.57 Å². The summed E-state index contributed by atoms with van der Waals surface area (Å²) in [6.45, 7) is 4.52. The first kappa shape index (κ1) is 12.0. The van der Waals surface area contributed by atoms with Gasteiger partial charge in [0.05, 0.1) is 18.9 Å². The largest absolute Gasteiger partial charge is 0.387 e. The summed E-state index contributed by atoms with van der Waals surface area (Å²) in [5, 5.41) is 3.90. The van der Waals surface area contributed by atoms with E-state index in [2.05, 4.69) is 5.16 Å². The highest BCUT2D eigenvalue weighted by atomic mass is 19.1. The Morgan fingerprint density at radius 1 is 1.47 bits per heavy atom. The van der Waals surface area contributed by atoms with Crippen LogP contribution in [0.25, 0.3) is 0 Å². The quantitative estimate of drug-likeness (QED) is 0.806. The van der Waals surface area contributed by atoms with E-state index in [0.29, 0.717) is 12.2 Å². The average Bonchev–Trinajstić information content (AvgIpc) is 2.62. The highest BCUT2D eigenvalue weighted by Crippen LogP contribution is 2.24. The third-order valence-corrected chi connectivity index (χ3v) is 2.67. The molecule has 0 saturated carbocycles. The maximum absolute atomic E-state index is 13.3. The van der Waals surface area contributed by atoms with Crippen molar-refractivity contribution in [1.29, 1.82) is 0 Å². The fourth-order valence-corrected chi connectivity index (χ4v) is 1.86. The lowest BCUT2D eigenvalue weighted by Gasteiger charge is -2.21. The predicted molar refractivity (Wildman–Crippen MR) is 63.3 cm³/mol. The maximum Gasteiger partial charge on any atom is 0.163 e. The average molecular weight is 237 g/mol. The molecule has 0 saturated heterocycles. The molecule has 0 bridgehead atoms. The first-order valence-corrected chi connectivity index (χ1v) is 5.62. The Hall–Kier alpha value is -1.42. The van der Waals surface area contributed by atoms with Gasteiger partial charge in [-0.1, -0.05) is 23.4 Å². The van der Waals surface area contributed by atoms with Crippen molar-refractivity contribution in [3.8, 4) is 0 Å². The van der Waals surface area contributed by atoms with Crippen LogP contribution in [0, 0.1) is 5.82 Å². The van der Waals surface area contributed by atoms with Crippen LogP contribution in [0.4, 0.5) is 4.39 Å². The standard InChI is InChI=1S/C13H16FNO2/c1-10-7-13(2,17-15-10)9-16-8-11-5-3-4-6-12(11)14/h3-6H,7-9H2,1-2H3. The van der Waals surface area contributed by atoms with Crippen LogP contribution in [-0.2, 0) is 16.2 Å². The summed E-state index contributed by atoms with van der Waals surface area (Å²) < 4.78 is 18.8. The van der Waals surface area contributed by atoms with Crippen LogP contribution in [0.1, 0.15) is 25.8 Å². The van der Waals surface area contributed by atoms with Gasteiger partial charge >= 0.3 is 0 Å². The Morgan fingerprint density at radius 3 is 2.88 bits per heavy atom. The summed E-state index contributed by atoms with van der Waals surface area (Å²) in [5.41, 5.74) is 1.11. The first-order valence-electron chi connectivity index (χ1n) is 5.62. The number of benzene rings is 1. The number of ether oxygens (including phenoxy) is 1. The molecule has 0 fully saturated rings. The lowest BCUT2D eigenvalue weighted by atomic mass is 10.0. The number of hydrogen-bond donors (Lipinski definition) is 0. The molecule has 1 atom stereocenters. The molecular weight excluding hydrogens is 221 g/mol. The molecule has 3 nitrogen and oxygen atoms in total. The van der Waals surface area contributed by atoms with Crippen LogP contribution in [0.3, 0.4) is 0 Å². The van der Waals surface area contributed by atoms with Crippen molar-refractivity contribution in [3.05, 3.63) is 35.6 Å². The molecule has 2 rings (SSSR count). The number of nitrogens with zero attached hydrogens (tertiary/aromatic N) is 1. The molecule has 1 unspecified atom stereocenters. The molecular formula is C13H16FNO2. The van der Waals surface area contributed by atoms with Gasteiger partial charge in [-0.25, -0.2) is 4.39 Å². The van der Waals surface area contributed by atoms with Crippen molar-refractivity contribution in [2.45, 2.75) is 32.5 Å². The molecule has 4 heteroatoms. The van der Waals surface area contributed by atoms with Gasteiger partial charge in [0.2, 0.25) is 0 Å². The van der Waals surface area contributed by atoms with Crippen molar-refractivity contribution in [1.82, 2.24) is 0 Å². The minimum absolute atomic E-state index is 0.238. The van der Waals surface area contributed by atoms with E-state index in [-0.39, 0.29) is 12.4 Å². The Bertz CT molecular complexity index is 433. The van der Waals surface area contributed by atoms with Crippen molar-refractivity contribution in [3.63, 3.8) is 0 Å². The third-order valence-electron chi connectivity index (χ3n) is 2.67. The van der Waals surface area contributed by atoms with Gasteiger partial charge in [-0.15, -0.1) is 0 Å². The second-order valence-electron chi connectivity index (χ2n) is 4.63. The maximum atomic E-state index is 13.3. The molecule has 1 aliphatic heterocycles. The molecule has 1 heterocycles. The van der Waals surface area contributed by atoms with Gasteiger partial charge in [0.1, 0.15) is 5.82 Å². The normalized spacial score (nSPS) is 23.4. The summed E-state index contributed by atoms with van der Waals surface area (Å²) in [4.78, 5) is 5.29. The lowest BCUT2D eigenvalue weighted by molar-refractivity contribution is -0.0713. The summed E-state index contributed by atoms with van der Waals surface area (Å²) in [6, 6.07) is 6.61. The first-order chi connectivity index (χ1) is 8.09. The molecule has 1 aromatic rings. The number of hydrogen-bond acceptors (Lipinski definition) is 3. The van der Waals surface area contributed by atoms with Crippen molar-refractivity contribution < 1.29 is 14.0 Å². The second-order valence-corrected chi connectivity index (χ2v) is 4.63. The van der Waals surface area contributed by atoms with Gasteiger partial charge in [-0.3, -0.25) is 0 Å². The molecule has 0 N–H and O–H groups in total. The molecule has 1 aromatic carbocycles. The highest BCUT2D eigenvalue weighted by Gasteiger charge is 2.32. The minimum Gasteiger partial charge on any atom is -0.387 e. The van der Waals surface area contributed by atoms with E-state index in [0.717, 1.165) is 12.1 Å². The third kappa shape index (κ3) is 3.03. The topological polar surface area (TPSA) is 30.8 Å². The van der Waals surface area contributed by atoms with Crippen LogP contribution in [-0.4, -0.2) is 17.9 Å². The Labute approximate surface area is 100 Å². The zero-order valence-electron chi connectivity index (χ0n) is 10.1. The Balaban J connectivity index is 1.83. The fraction of sp³-hybridized carbons (Fsp3) is 0.462. The van der Waals surface area contributed by atoms with E-state index in [1.807, 2.05) is 13.8 Å². The van der Waals surface area contributed by atoms with Crippen LogP contribution in [0.15, 0.2) is 29.4 Å². The zero-order chi connectivity index (χ0) is 12.3. The number of halogens is 1. The number of oxime groups is 1. The second kappa shape index (κ2) is 4.84. The van der Waals surface area contributed by atoms with Gasteiger partial charge < -0.3 is 9.57 Å². The van der Waals surface area contributed by atoms with Crippen LogP contribution >= 0.6 is 0 Å². The molecule has 0 spiro atoms. The van der Waals surface area contributed by atoms with E-state index >= 15 is 0 Å². The van der Waals surface area contributed by atoms with E-state index in [9.17, 15) is 4.39 Å². The summed E-state index contributed by atoms with van der Waals surface area (Å²) >= 11 is 0. The van der Waals surface area contributed by atoms with E-state index < -0.39 is 5.60 Å². The zero-order valence-corrected chi connectivity index (χ0v) is 10.1. The molecule has 0 amide bonds. The van der Waals surface area contributed by atoms with Crippen molar-refractivity contribution >= 4 is 5.71 Å². The number of rotatable bonds is 4. The van der Waals surface area contributed by atoms with Crippen molar-refractivity contribution in [2.24, 2.45) is 5.16 Å². The molecule has 0 aromatic heterocycles. The van der Waals surface area contributed by atoms with Crippen LogP contribution in [0.5, 0.6) is 0 Å². The smallest absolute Gasteiger partial charge is 0.163 e. The van der Waals surface area contributed by atoms with Crippen LogP contribution < -0.4 is 0 Å². The molecule has 17 heavy (non-hydrogen) atoms. The predicted octanol–water partition coefficient (Wildman–Crippen LogP) is 2.90. The molecule has 92 valence electrons. The molecule has 0 radical (unpaired) electrons. The highest BCUT2D eigenvalue weighted by molar-refractivity contribution is 5.83. The van der Waals surface area contributed by atoms with Gasteiger partial charge in [0.15, 0.2) is 5.60 Å². The monoisotopic (exact) mass is 237 g/mol. The van der Waals surface area contributed by atoms with E-state index in [1.54, 1.807) is 18.2 Å². The summed E-state index contributed by atoms with van der Waals surface area (Å²) in [7, 11) is 0. The van der Waals surface area contributed by atoms with Crippen molar-refractivity contribution in [2.75, 3.05) is 6.61 Å². The minimum atomic E-state index is -0.407. The lowest BCUT2D eigenvalue weighted by Crippen LogP contribution is -2.30. The van der Waals surface area contributed by atoms with Gasteiger partial charge in [0.25, 0.3) is 0 Å². The summed E-state index contributed by atoms with van der Waals surface area (Å²) in [5.74, 6) is -0.238. The Kier molecular flexibility index (Phi) is 3.43. The van der Waals surface area contributed by atoms with Gasteiger partial charge in [0, 0.05) is 12.0 Å². The Morgan fingerprint density at radius 2 is 2.24 bits per heavy atom.